The second kappa shape index (κ2) is 7.95. The summed E-state index contributed by atoms with van der Waals surface area (Å²) in [6, 6.07) is 6.54. The molecule has 0 radical (unpaired) electrons. The van der Waals surface area contributed by atoms with Gasteiger partial charge in [0.2, 0.25) is 5.91 Å². The third-order valence-corrected chi connectivity index (χ3v) is 3.32. The molecule has 1 amide bonds. The van der Waals surface area contributed by atoms with Gasteiger partial charge >= 0.3 is 0 Å². The lowest BCUT2D eigenvalue weighted by atomic mass is 10.0. The van der Waals surface area contributed by atoms with E-state index >= 15 is 0 Å². The number of benzene rings is 1. The standard InChI is InChI=1S/C16H26N2O/c1-13-8-9-15(12-14(13)2)6-5-7-16(19)17-10-11-18(3)4/h8-9,12H,5-7,10-11H2,1-4H3,(H,17,19). The Morgan fingerprint density at radius 3 is 2.58 bits per heavy atom. The zero-order valence-corrected chi connectivity index (χ0v) is 12.6. The van der Waals surface area contributed by atoms with Crippen LogP contribution in [0, 0.1) is 13.8 Å². The van der Waals surface area contributed by atoms with Crippen LogP contribution in [0.3, 0.4) is 0 Å². The quantitative estimate of drug-likeness (QED) is 0.818. The zero-order valence-electron chi connectivity index (χ0n) is 12.6. The highest BCUT2D eigenvalue weighted by Gasteiger charge is 2.02. The molecule has 1 N–H and O–H groups in total. The summed E-state index contributed by atoms with van der Waals surface area (Å²) >= 11 is 0. The zero-order chi connectivity index (χ0) is 14.3. The predicted octanol–water partition coefficient (Wildman–Crippen LogP) is 2.30. The highest BCUT2D eigenvalue weighted by Crippen LogP contribution is 2.12. The van der Waals surface area contributed by atoms with E-state index in [1.54, 1.807) is 0 Å². The maximum absolute atomic E-state index is 11.6. The lowest BCUT2D eigenvalue weighted by Crippen LogP contribution is -2.31. The third kappa shape index (κ3) is 6.39. The van der Waals surface area contributed by atoms with E-state index in [0.29, 0.717) is 6.42 Å². The molecule has 0 saturated heterocycles. The Balaban J connectivity index is 2.22. The van der Waals surface area contributed by atoms with Crippen LogP contribution in [0.5, 0.6) is 0 Å². The first-order valence-electron chi connectivity index (χ1n) is 6.96. The molecule has 19 heavy (non-hydrogen) atoms. The van der Waals surface area contributed by atoms with E-state index in [-0.39, 0.29) is 5.91 Å². The van der Waals surface area contributed by atoms with Crippen LogP contribution in [0.2, 0.25) is 0 Å². The predicted molar refractivity (Wildman–Crippen MR) is 80.4 cm³/mol. The molecule has 0 aliphatic heterocycles. The smallest absolute Gasteiger partial charge is 0.220 e. The van der Waals surface area contributed by atoms with Gasteiger partial charge in [0.05, 0.1) is 0 Å². The van der Waals surface area contributed by atoms with Crippen molar-refractivity contribution in [1.82, 2.24) is 10.2 Å². The highest BCUT2D eigenvalue weighted by atomic mass is 16.1. The molecule has 0 unspecified atom stereocenters. The highest BCUT2D eigenvalue weighted by molar-refractivity contribution is 5.75. The Bertz CT molecular complexity index is 413. The average molecular weight is 262 g/mol. The number of nitrogens with zero attached hydrogens (tertiary/aromatic N) is 1. The molecule has 1 aromatic carbocycles. The Kier molecular flexibility index (Phi) is 6.57. The fourth-order valence-electron chi connectivity index (χ4n) is 1.92. The van der Waals surface area contributed by atoms with Gasteiger partial charge in [0.15, 0.2) is 0 Å². The van der Waals surface area contributed by atoms with Gasteiger partial charge in [-0.25, -0.2) is 0 Å². The van der Waals surface area contributed by atoms with Crippen LogP contribution in [-0.2, 0) is 11.2 Å². The fraction of sp³-hybridized carbons (Fsp3) is 0.562. The number of carbonyl (C=O) groups excluding carboxylic acids is 1. The van der Waals surface area contributed by atoms with Crippen LogP contribution < -0.4 is 5.32 Å². The molecule has 0 aromatic heterocycles. The number of rotatable bonds is 7. The SMILES string of the molecule is Cc1ccc(CCCC(=O)NCCN(C)C)cc1C. The molecular weight excluding hydrogens is 236 g/mol. The summed E-state index contributed by atoms with van der Waals surface area (Å²) in [5.41, 5.74) is 3.97. The number of amides is 1. The van der Waals surface area contributed by atoms with Crippen molar-refractivity contribution in [2.45, 2.75) is 33.1 Å². The summed E-state index contributed by atoms with van der Waals surface area (Å²) in [4.78, 5) is 13.7. The van der Waals surface area contributed by atoms with Crippen molar-refractivity contribution in [1.29, 1.82) is 0 Å². The molecule has 0 saturated carbocycles. The van der Waals surface area contributed by atoms with Gasteiger partial charge in [-0.05, 0) is 57.5 Å². The molecule has 0 atom stereocenters. The molecule has 0 aliphatic rings. The topological polar surface area (TPSA) is 32.3 Å². The molecule has 0 spiro atoms. The van der Waals surface area contributed by atoms with Crippen molar-refractivity contribution in [3.05, 3.63) is 34.9 Å². The largest absolute Gasteiger partial charge is 0.355 e. The van der Waals surface area contributed by atoms with Crippen LogP contribution in [0.25, 0.3) is 0 Å². The van der Waals surface area contributed by atoms with E-state index in [1.807, 2.05) is 14.1 Å². The molecule has 1 rings (SSSR count). The van der Waals surface area contributed by atoms with Gasteiger partial charge in [0.25, 0.3) is 0 Å². The average Bonchev–Trinajstić information content (AvgIpc) is 2.33. The first-order chi connectivity index (χ1) is 8.99. The first kappa shape index (κ1) is 15.7. The van der Waals surface area contributed by atoms with Gasteiger partial charge < -0.3 is 10.2 Å². The van der Waals surface area contributed by atoms with E-state index < -0.39 is 0 Å². The van der Waals surface area contributed by atoms with Crippen molar-refractivity contribution in [2.75, 3.05) is 27.2 Å². The number of hydrogen-bond donors (Lipinski definition) is 1. The minimum atomic E-state index is 0.158. The molecule has 0 fully saturated rings. The molecule has 0 heterocycles. The van der Waals surface area contributed by atoms with Crippen LogP contribution >= 0.6 is 0 Å². The molecule has 106 valence electrons. The van der Waals surface area contributed by atoms with E-state index in [1.165, 1.54) is 16.7 Å². The maximum Gasteiger partial charge on any atom is 0.220 e. The number of hydrogen-bond acceptors (Lipinski definition) is 2. The lowest BCUT2D eigenvalue weighted by Gasteiger charge is -2.10. The Labute approximate surface area is 117 Å². The van der Waals surface area contributed by atoms with Gasteiger partial charge in [-0.15, -0.1) is 0 Å². The second-order valence-corrected chi connectivity index (χ2v) is 5.43. The van der Waals surface area contributed by atoms with Crippen LogP contribution in [0.4, 0.5) is 0 Å². The number of likely N-dealkylation sites (N-methyl/N-ethyl adjacent to an activating group) is 1. The summed E-state index contributed by atoms with van der Waals surface area (Å²) in [5.74, 6) is 0.158. The van der Waals surface area contributed by atoms with E-state index in [2.05, 4.69) is 42.3 Å². The molecule has 3 heteroatoms. The Hall–Kier alpha value is -1.35. The van der Waals surface area contributed by atoms with Gasteiger partial charge in [-0.3, -0.25) is 4.79 Å². The number of nitrogens with one attached hydrogen (secondary N) is 1. The van der Waals surface area contributed by atoms with Gasteiger partial charge in [-0.1, -0.05) is 18.2 Å². The van der Waals surface area contributed by atoms with Crippen LogP contribution in [0.15, 0.2) is 18.2 Å². The van der Waals surface area contributed by atoms with E-state index in [9.17, 15) is 4.79 Å². The van der Waals surface area contributed by atoms with Gasteiger partial charge in [-0.2, -0.15) is 0 Å². The Morgan fingerprint density at radius 2 is 1.95 bits per heavy atom. The van der Waals surface area contributed by atoms with E-state index in [0.717, 1.165) is 25.9 Å². The Morgan fingerprint density at radius 1 is 1.21 bits per heavy atom. The summed E-state index contributed by atoms with van der Waals surface area (Å²) in [6.45, 7) is 5.88. The normalized spacial score (nSPS) is 10.8. The van der Waals surface area contributed by atoms with Gasteiger partial charge in [0.1, 0.15) is 0 Å². The van der Waals surface area contributed by atoms with Crippen LogP contribution in [0.1, 0.15) is 29.5 Å². The first-order valence-corrected chi connectivity index (χ1v) is 6.96. The fourth-order valence-corrected chi connectivity index (χ4v) is 1.92. The van der Waals surface area contributed by atoms with Crippen molar-refractivity contribution >= 4 is 5.91 Å². The third-order valence-electron chi connectivity index (χ3n) is 3.32. The minimum Gasteiger partial charge on any atom is -0.355 e. The number of carbonyl (C=O) groups is 1. The maximum atomic E-state index is 11.6. The van der Waals surface area contributed by atoms with Crippen molar-refractivity contribution < 1.29 is 4.79 Å². The molecule has 1 aromatic rings. The van der Waals surface area contributed by atoms with Crippen molar-refractivity contribution in [3.63, 3.8) is 0 Å². The molecule has 3 nitrogen and oxygen atoms in total. The summed E-state index contributed by atoms with van der Waals surface area (Å²) in [7, 11) is 4.01. The van der Waals surface area contributed by atoms with Gasteiger partial charge in [0, 0.05) is 19.5 Å². The van der Waals surface area contributed by atoms with Crippen molar-refractivity contribution in [2.24, 2.45) is 0 Å². The summed E-state index contributed by atoms with van der Waals surface area (Å²) < 4.78 is 0. The lowest BCUT2D eigenvalue weighted by molar-refractivity contribution is -0.121. The van der Waals surface area contributed by atoms with Crippen molar-refractivity contribution in [3.8, 4) is 0 Å². The summed E-state index contributed by atoms with van der Waals surface area (Å²) in [5, 5.41) is 2.94. The minimum absolute atomic E-state index is 0.158. The molecule has 0 bridgehead atoms. The van der Waals surface area contributed by atoms with E-state index in [4.69, 9.17) is 0 Å². The second-order valence-electron chi connectivity index (χ2n) is 5.43. The molecular formula is C16H26N2O. The summed E-state index contributed by atoms with van der Waals surface area (Å²) in [6.07, 6.45) is 2.50. The van der Waals surface area contributed by atoms with Crippen LogP contribution in [-0.4, -0.2) is 38.0 Å². The molecule has 0 aliphatic carbocycles. The number of aryl methyl sites for hydroxylation is 3. The monoisotopic (exact) mass is 262 g/mol.